The number of para-hydroxylation sites is 1. The first kappa shape index (κ1) is 34.2. The predicted molar refractivity (Wildman–Crippen MR) is 186 cm³/mol. The molecule has 0 radical (unpaired) electrons. The first-order valence-electron chi connectivity index (χ1n) is 15.6. The van der Waals surface area contributed by atoms with Crippen molar-refractivity contribution >= 4 is 61.7 Å². The number of halogens is 2. The fraction of sp³-hybridized carbons (Fsp3) is 0.438. The number of likely N-dealkylation sites (N-methyl/N-ethyl adjacent to an activating group) is 1. The summed E-state index contributed by atoms with van der Waals surface area (Å²) in [6, 6.07) is 11.1. The van der Waals surface area contributed by atoms with Crippen molar-refractivity contribution in [3.63, 3.8) is 0 Å². The van der Waals surface area contributed by atoms with E-state index in [1.807, 2.05) is 32.9 Å². The van der Waals surface area contributed by atoms with E-state index in [1.165, 1.54) is 12.4 Å². The lowest BCUT2D eigenvalue weighted by Crippen LogP contribution is -2.52. The van der Waals surface area contributed by atoms with Gasteiger partial charge in [0, 0.05) is 68.5 Å². The molecule has 0 unspecified atom stereocenters. The SMILES string of the molecule is CC.CCOc1cc(N2CCC(N3CCN(C)CC3)CC2)c(Cl)cc1Nc1ncc(Cl)c(-c2cn(S(=O)(=O)O)c3ccccc23)n1. The first-order valence-corrected chi connectivity index (χ1v) is 17.8. The molecule has 2 aliphatic heterocycles. The number of anilines is 3. The number of rotatable bonds is 8. The van der Waals surface area contributed by atoms with Crippen molar-refractivity contribution in [3.05, 3.63) is 58.8 Å². The van der Waals surface area contributed by atoms with E-state index in [1.54, 1.807) is 24.3 Å². The minimum Gasteiger partial charge on any atom is -0.492 e. The van der Waals surface area contributed by atoms with Crippen LogP contribution in [0.3, 0.4) is 0 Å². The number of hydrogen-bond donors (Lipinski definition) is 2. The molecule has 14 heteroatoms. The number of fused-ring (bicyclic) bond motifs is 1. The topological polar surface area (TPSA) is 116 Å². The van der Waals surface area contributed by atoms with Crippen LogP contribution in [0, 0.1) is 0 Å². The van der Waals surface area contributed by atoms with Crippen LogP contribution < -0.4 is 15.0 Å². The molecule has 0 bridgehead atoms. The average Bonchev–Trinajstić information content (AvgIpc) is 3.45. The maximum absolute atomic E-state index is 12.1. The zero-order chi connectivity index (χ0) is 33.0. The van der Waals surface area contributed by atoms with E-state index in [9.17, 15) is 13.0 Å². The second kappa shape index (κ2) is 14.7. The third-order valence-corrected chi connectivity index (χ3v) is 9.76. The maximum Gasteiger partial charge on any atom is 0.363 e. The lowest BCUT2D eigenvalue weighted by molar-refractivity contribution is 0.0982. The zero-order valence-corrected chi connectivity index (χ0v) is 28.9. The normalized spacial score (nSPS) is 16.7. The number of nitrogens with zero attached hydrogens (tertiary/aromatic N) is 6. The van der Waals surface area contributed by atoms with Gasteiger partial charge in [-0.25, -0.2) is 13.9 Å². The summed E-state index contributed by atoms with van der Waals surface area (Å²) in [5.41, 5.74) is 2.52. The summed E-state index contributed by atoms with van der Waals surface area (Å²) in [6.45, 7) is 12.7. The van der Waals surface area contributed by atoms with E-state index in [2.05, 4.69) is 37.0 Å². The Labute approximate surface area is 281 Å². The highest BCUT2D eigenvalue weighted by molar-refractivity contribution is 7.84. The summed E-state index contributed by atoms with van der Waals surface area (Å²) in [6.07, 6.45) is 4.90. The van der Waals surface area contributed by atoms with Crippen LogP contribution in [0.15, 0.2) is 48.8 Å². The molecule has 248 valence electrons. The minimum absolute atomic E-state index is 0.214. The Balaban J connectivity index is 0.00000204. The van der Waals surface area contributed by atoms with Crippen molar-refractivity contribution in [2.45, 2.75) is 39.7 Å². The lowest BCUT2D eigenvalue weighted by atomic mass is 10.0. The molecule has 4 heterocycles. The van der Waals surface area contributed by atoms with Gasteiger partial charge in [-0.15, -0.1) is 0 Å². The Morgan fingerprint density at radius 3 is 2.39 bits per heavy atom. The van der Waals surface area contributed by atoms with Crippen LogP contribution in [-0.4, -0.2) is 95.7 Å². The summed E-state index contributed by atoms with van der Waals surface area (Å²) in [5.74, 6) is 0.821. The standard InChI is InChI=1S/C30H35Cl2N7O4S.C2H6/c1-3-43-28-17-27(38-10-8-20(9-11-38)37-14-12-36(2)13-15-37)23(31)16-25(28)34-30-33-18-24(32)29(35-30)22-19-39(44(40,41)42)26-7-5-4-6-21(22)26;1-2/h4-7,16-20H,3,8-15H2,1-2H3,(H,33,34,35)(H,40,41,42);1-2H3. The van der Waals surface area contributed by atoms with Gasteiger partial charge in [0.1, 0.15) is 5.75 Å². The van der Waals surface area contributed by atoms with Crippen molar-refractivity contribution in [1.29, 1.82) is 0 Å². The van der Waals surface area contributed by atoms with Gasteiger partial charge in [0.25, 0.3) is 0 Å². The fourth-order valence-corrected chi connectivity index (χ4v) is 7.21. The van der Waals surface area contributed by atoms with E-state index in [-0.39, 0.29) is 11.0 Å². The molecule has 2 N–H and O–H groups in total. The van der Waals surface area contributed by atoms with Gasteiger partial charge in [-0.3, -0.25) is 9.45 Å². The van der Waals surface area contributed by atoms with E-state index in [4.69, 9.17) is 27.9 Å². The van der Waals surface area contributed by atoms with E-state index < -0.39 is 10.3 Å². The highest BCUT2D eigenvalue weighted by Crippen LogP contribution is 2.40. The molecule has 0 atom stereocenters. The summed E-state index contributed by atoms with van der Waals surface area (Å²) in [4.78, 5) is 16.3. The Morgan fingerprint density at radius 2 is 1.72 bits per heavy atom. The van der Waals surface area contributed by atoms with Gasteiger partial charge in [-0.1, -0.05) is 55.2 Å². The molecule has 11 nitrogen and oxygen atoms in total. The Kier molecular flexibility index (Phi) is 11.0. The number of hydrogen-bond acceptors (Lipinski definition) is 9. The van der Waals surface area contributed by atoms with Gasteiger partial charge in [-0.2, -0.15) is 8.42 Å². The molecule has 0 spiro atoms. The molecule has 2 aromatic heterocycles. The van der Waals surface area contributed by atoms with Crippen molar-refractivity contribution in [3.8, 4) is 17.0 Å². The molecule has 0 amide bonds. The van der Waals surface area contributed by atoms with Crippen molar-refractivity contribution in [2.75, 3.05) is 63.1 Å². The second-order valence-electron chi connectivity index (χ2n) is 11.1. The van der Waals surface area contributed by atoms with Gasteiger partial charge in [0.2, 0.25) is 5.95 Å². The summed E-state index contributed by atoms with van der Waals surface area (Å²) in [7, 11) is -2.37. The summed E-state index contributed by atoms with van der Waals surface area (Å²) >= 11 is 13.4. The summed E-state index contributed by atoms with van der Waals surface area (Å²) < 4.78 is 40.7. The number of benzene rings is 2. The van der Waals surface area contributed by atoms with Crippen LogP contribution in [0.2, 0.25) is 10.0 Å². The molecule has 0 aliphatic carbocycles. The zero-order valence-electron chi connectivity index (χ0n) is 26.6. The van der Waals surface area contributed by atoms with Crippen molar-refractivity contribution < 1.29 is 17.7 Å². The highest BCUT2D eigenvalue weighted by atomic mass is 35.5. The number of nitrogens with one attached hydrogen (secondary N) is 1. The van der Waals surface area contributed by atoms with Crippen molar-refractivity contribution in [1.82, 2.24) is 23.7 Å². The molecular weight excluding hydrogens is 649 g/mol. The van der Waals surface area contributed by atoms with Crippen LogP contribution >= 0.6 is 23.2 Å². The average molecular weight is 691 g/mol. The number of piperidine rings is 1. The Bertz CT molecular complexity index is 1770. The van der Waals surface area contributed by atoms with Gasteiger partial charge in [0.05, 0.1) is 45.4 Å². The van der Waals surface area contributed by atoms with Crippen LogP contribution in [0.25, 0.3) is 22.2 Å². The summed E-state index contributed by atoms with van der Waals surface area (Å²) in [5, 5.41) is 4.56. The quantitative estimate of drug-likeness (QED) is 0.200. The maximum atomic E-state index is 12.1. The Hall–Kier alpha value is -3.13. The van der Waals surface area contributed by atoms with Crippen LogP contribution in [-0.2, 0) is 10.3 Å². The molecule has 6 rings (SSSR count). The van der Waals surface area contributed by atoms with Gasteiger partial charge < -0.3 is 19.9 Å². The monoisotopic (exact) mass is 689 g/mol. The third kappa shape index (κ3) is 7.37. The molecule has 2 aliphatic rings. The smallest absolute Gasteiger partial charge is 0.363 e. The molecular formula is C32H41Cl2N7O4S. The predicted octanol–water partition coefficient (Wildman–Crippen LogP) is 6.44. The largest absolute Gasteiger partial charge is 0.492 e. The fourth-order valence-electron chi connectivity index (χ4n) is 6.08. The van der Waals surface area contributed by atoms with Crippen LogP contribution in [0.4, 0.5) is 17.3 Å². The van der Waals surface area contributed by atoms with E-state index in [0.717, 1.165) is 61.8 Å². The lowest BCUT2D eigenvalue weighted by Gasteiger charge is -2.42. The first-order chi connectivity index (χ1) is 22.1. The number of piperazine rings is 1. The second-order valence-corrected chi connectivity index (χ2v) is 13.2. The number of aromatic nitrogens is 3. The van der Waals surface area contributed by atoms with Crippen molar-refractivity contribution in [2.24, 2.45) is 0 Å². The molecule has 0 saturated carbocycles. The molecule has 2 saturated heterocycles. The van der Waals surface area contributed by atoms with Crippen LogP contribution in [0.1, 0.15) is 33.6 Å². The van der Waals surface area contributed by atoms with E-state index >= 15 is 0 Å². The van der Waals surface area contributed by atoms with Gasteiger partial charge in [-0.05, 0) is 38.9 Å². The molecule has 46 heavy (non-hydrogen) atoms. The van der Waals surface area contributed by atoms with E-state index in [0.29, 0.717) is 51.3 Å². The minimum atomic E-state index is -4.55. The van der Waals surface area contributed by atoms with Gasteiger partial charge in [0.15, 0.2) is 0 Å². The third-order valence-electron chi connectivity index (χ3n) is 8.38. The van der Waals surface area contributed by atoms with Gasteiger partial charge >= 0.3 is 10.3 Å². The molecule has 2 aromatic carbocycles. The highest BCUT2D eigenvalue weighted by Gasteiger charge is 2.28. The number of ether oxygens (including phenoxy) is 1. The van der Waals surface area contributed by atoms with Crippen LogP contribution in [0.5, 0.6) is 5.75 Å². The molecule has 4 aromatic rings. The molecule has 2 fully saturated rings. The Morgan fingerprint density at radius 1 is 1.02 bits per heavy atom.